The Morgan fingerprint density at radius 3 is 2.91 bits per heavy atom. The molecule has 0 spiro atoms. The Morgan fingerprint density at radius 2 is 2.23 bits per heavy atom. The highest BCUT2D eigenvalue weighted by molar-refractivity contribution is 5.97. The lowest BCUT2D eigenvalue weighted by atomic mass is 10.2. The molecule has 110 valence electrons. The largest absolute Gasteiger partial charge is 0.464 e. The van der Waals surface area contributed by atoms with Crippen LogP contribution in [0.2, 0.25) is 0 Å². The van der Waals surface area contributed by atoms with Crippen molar-refractivity contribution in [2.75, 3.05) is 12.8 Å². The van der Waals surface area contributed by atoms with Gasteiger partial charge in [0.1, 0.15) is 11.9 Å². The lowest BCUT2D eigenvalue weighted by Crippen LogP contribution is -2.11. The van der Waals surface area contributed by atoms with Gasteiger partial charge in [-0.15, -0.1) is 0 Å². The number of esters is 1. The van der Waals surface area contributed by atoms with Crippen molar-refractivity contribution in [2.45, 2.75) is 0 Å². The second-order valence-electron chi connectivity index (χ2n) is 4.61. The highest BCUT2D eigenvalue weighted by atomic mass is 19.1. The highest BCUT2D eigenvalue weighted by Gasteiger charge is 2.23. The highest BCUT2D eigenvalue weighted by Crippen LogP contribution is 2.29. The van der Waals surface area contributed by atoms with Crippen LogP contribution in [0.5, 0.6) is 0 Å². The number of methoxy groups -OCH3 is 1. The van der Waals surface area contributed by atoms with E-state index in [0.29, 0.717) is 16.6 Å². The maximum Gasteiger partial charge on any atom is 0.357 e. The topological polar surface area (TPSA) is 96.8 Å². The van der Waals surface area contributed by atoms with Crippen LogP contribution in [-0.2, 0) is 4.74 Å². The molecule has 0 unspecified atom stereocenters. The molecule has 2 aromatic heterocycles. The number of aromatic amines is 1. The van der Waals surface area contributed by atoms with Crippen LogP contribution in [0.25, 0.3) is 16.6 Å². The number of anilines is 1. The van der Waals surface area contributed by atoms with Crippen molar-refractivity contribution in [3.05, 3.63) is 47.7 Å². The number of nitrogens with zero attached hydrogens (tertiary/aromatic N) is 2. The number of ether oxygens (including phenoxy) is 1. The van der Waals surface area contributed by atoms with Gasteiger partial charge in [-0.05, 0) is 18.2 Å². The number of hydrogen-bond acceptors (Lipinski definition) is 4. The molecule has 0 aliphatic carbocycles. The average Bonchev–Trinajstić information content (AvgIpc) is 3.12. The summed E-state index contributed by atoms with van der Waals surface area (Å²) in [5.41, 5.74) is 7.03. The molecule has 0 bridgehead atoms. The van der Waals surface area contributed by atoms with E-state index >= 15 is 0 Å². The molecule has 0 fully saturated rings. The predicted octanol–water partition coefficient (Wildman–Crippen LogP) is 2.34. The first-order chi connectivity index (χ1) is 10.6. The second-order valence-corrected chi connectivity index (χ2v) is 4.61. The molecular formula is C15H11FN4O2. The Morgan fingerprint density at radius 1 is 1.45 bits per heavy atom. The maximum absolute atomic E-state index is 13.8. The molecule has 22 heavy (non-hydrogen) atoms. The molecule has 0 aliphatic heterocycles. The van der Waals surface area contributed by atoms with Crippen LogP contribution >= 0.6 is 0 Å². The van der Waals surface area contributed by atoms with Gasteiger partial charge in [0.15, 0.2) is 5.69 Å². The number of nitrogen functional groups attached to an aromatic ring is 1. The fourth-order valence-electron chi connectivity index (χ4n) is 2.41. The molecule has 3 N–H and O–H groups in total. The first-order valence-electron chi connectivity index (χ1n) is 6.33. The maximum atomic E-state index is 13.8. The molecular weight excluding hydrogens is 287 g/mol. The molecule has 0 atom stereocenters. The molecule has 1 aromatic carbocycles. The van der Waals surface area contributed by atoms with Crippen molar-refractivity contribution in [1.29, 1.82) is 5.26 Å². The molecule has 3 rings (SSSR count). The van der Waals surface area contributed by atoms with E-state index in [1.54, 1.807) is 12.3 Å². The van der Waals surface area contributed by atoms with Crippen molar-refractivity contribution in [3.63, 3.8) is 0 Å². The van der Waals surface area contributed by atoms with Crippen LogP contribution < -0.4 is 5.73 Å². The van der Waals surface area contributed by atoms with Crippen molar-refractivity contribution in [3.8, 4) is 11.8 Å². The Kier molecular flexibility index (Phi) is 3.07. The summed E-state index contributed by atoms with van der Waals surface area (Å²) in [5.74, 6) is -1.07. The molecule has 0 aliphatic rings. The van der Waals surface area contributed by atoms with E-state index in [9.17, 15) is 9.18 Å². The summed E-state index contributed by atoms with van der Waals surface area (Å²) in [6.45, 7) is 0. The van der Waals surface area contributed by atoms with Gasteiger partial charge in [0.2, 0.25) is 0 Å². The first kappa shape index (κ1) is 13.7. The Hall–Kier alpha value is -3.27. The number of carbonyl (C=O) groups excluding carboxylic acids is 1. The van der Waals surface area contributed by atoms with Crippen LogP contribution in [0.15, 0.2) is 30.6 Å². The fourth-order valence-corrected chi connectivity index (χ4v) is 2.41. The van der Waals surface area contributed by atoms with Crippen LogP contribution in [-0.4, -0.2) is 22.6 Å². The number of H-pyrrole nitrogens is 1. The van der Waals surface area contributed by atoms with Gasteiger partial charge in [-0.1, -0.05) is 0 Å². The summed E-state index contributed by atoms with van der Waals surface area (Å²) in [6.07, 6.45) is 3.02. The molecule has 2 heterocycles. The minimum atomic E-state index is -0.678. The van der Waals surface area contributed by atoms with Gasteiger partial charge in [0, 0.05) is 17.8 Å². The Balaban J connectivity index is 2.36. The summed E-state index contributed by atoms with van der Waals surface area (Å²) < 4.78 is 19.9. The number of carbonyl (C=O) groups is 1. The van der Waals surface area contributed by atoms with Gasteiger partial charge in [-0.2, -0.15) is 5.26 Å². The van der Waals surface area contributed by atoms with Crippen molar-refractivity contribution < 1.29 is 13.9 Å². The number of nitrogens with one attached hydrogen (secondary N) is 1. The summed E-state index contributed by atoms with van der Waals surface area (Å²) in [7, 11) is 1.22. The lowest BCUT2D eigenvalue weighted by Gasteiger charge is -2.10. The molecule has 6 nitrogen and oxygen atoms in total. The zero-order valence-electron chi connectivity index (χ0n) is 11.6. The predicted molar refractivity (Wildman–Crippen MR) is 78.1 cm³/mol. The number of nitrogens with two attached hydrogens (primary N) is 1. The minimum Gasteiger partial charge on any atom is -0.464 e. The van der Waals surface area contributed by atoms with Gasteiger partial charge in [0.25, 0.3) is 0 Å². The minimum absolute atomic E-state index is 0.0263. The number of aromatic nitrogens is 2. The molecule has 7 heteroatoms. The number of hydrogen-bond donors (Lipinski definition) is 2. The van der Waals surface area contributed by atoms with E-state index in [4.69, 9.17) is 15.7 Å². The Labute approximate surface area is 124 Å². The van der Waals surface area contributed by atoms with Crippen molar-refractivity contribution in [2.24, 2.45) is 0 Å². The quantitative estimate of drug-likeness (QED) is 0.710. The lowest BCUT2D eigenvalue weighted by molar-refractivity contribution is 0.0593. The molecule has 0 radical (unpaired) electrons. The van der Waals surface area contributed by atoms with E-state index in [0.717, 1.165) is 0 Å². The number of nitriles is 1. The fraction of sp³-hybridized carbons (Fsp3) is 0.0667. The van der Waals surface area contributed by atoms with Gasteiger partial charge < -0.3 is 20.0 Å². The smallest absolute Gasteiger partial charge is 0.357 e. The van der Waals surface area contributed by atoms with Crippen molar-refractivity contribution in [1.82, 2.24) is 9.55 Å². The van der Waals surface area contributed by atoms with Crippen LogP contribution in [0.3, 0.4) is 0 Å². The van der Waals surface area contributed by atoms with E-state index in [1.165, 1.54) is 30.0 Å². The molecule has 0 saturated heterocycles. The zero-order valence-corrected chi connectivity index (χ0v) is 11.6. The van der Waals surface area contributed by atoms with E-state index in [2.05, 4.69) is 4.98 Å². The number of rotatable bonds is 2. The monoisotopic (exact) mass is 298 g/mol. The average molecular weight is 298 g/mol. The van der Waals surface area contributed by atoms with E-state index < -0.39 is 5.97 Å². The number of fused-ring (bicyclic) bond motifs is 1. The first-order valence-corrected chi connectivity index (χ1v) is 6.33. The van der Waals surface area contributed by atoms with Crippen LogP contribution in [0.4, 0.5) is 10.1 Å². The summed E-state index contributed by atoms with van der Waals surface area (Å²) in [5, 5.41) is 9.49. The third-order valence-corrected chi connectivity index (χ3v) is 3.45. The molecule has 0 amide bonds. The van der Waals surface area contributed by atoms with Crippen molar-refractivity contribution >= 4 is 22.6 Å². The third kappa shape index (κ3) is 1.82. The van der Waals surface area contributed by atoms with Gasteiger partial charge in [0.05, 0.1) is 29.6 Å². The van der Waals surface area contributed by atoms with Gasteiger partial charge in [-0.3, -0.25) is 0 Å². The Bertz CT molecular complexity index is 933. The summed E-state index contributed by atoms with van der Waals surface area (Å²) >= 11 is 0. The van der Waals surface area contributed by atoms with Crippen LogP contribution in [0, 0.1) is 17.1 Å². The second kappa shape index (κ2) is 4.93. The van der Waals surface area contributed by atoms with Crippen LogP contribution in [0.1, 0.15) is 16.1 Å². The van der Waals surface area contributed by atoms with Gasteiger partial charge in [-0.25, -0.2) is 9.18 Å². The third-order valence-electron chi connectivity index (χ3n) is 3.45. The van der Waals surface area contributed by atoms with E-state index in [1.807, 2.05) is 6.07 Å². The summed E-state index contributed by atoms with van der Waals surface area (Å²) in [4.78, 5) is 14.9. The molecule has 0 saturated carbocycles. The standard InChI is InChI=1S/C15H11FN4O2/c1-22-15(21)14-12(18)8(6-17)7-20(14)11-3-2-10(16)9-4-5-19-13(9)11/h2-5,7,19H,18H2,1H3. The number of halogens is 1. The zero-order chi connectivity index (χ0) is 15.9. The SMILES string of the molecule is COC(=O)c1c(N)c(C#N)cn1-c1ccc(F)c2cc[nH]c12. The number of benzene rings is 1. The molecule has 3 aromatic rings. The normalized spacial score (nSPS) is 10.6. The van der Waals surface area contributed by atoms with E-state index in [-0.39, 0.29) is 22.8 Å². The summed E-state index contributed by atoms with van der Waals surface area (Å²) in [6, 6.07) is 6.30. The van der Waals surface area contributed by atoms with Gasteiger partial charge >= 0.3 is 5.97 Å².